The molecular weight excluding hydrogens is 422 g/mol. The summed E-state index contributed by atoms with van der Waals surface area (Å²) in [7, 11) is -1.67. The van der Waals surface area contributed by atoms with Gasteiger partial charge in [-0.05, 0) is 62.7 Å². The fraction of sp³-hybridized carbons (Fsp3) is 0.409. The Morgan fingerprint density at radius 2 is 1.80 bits per heavy atom. The number of likely N-dealkylation sites (N-methyl/N-ethyl adjacent to an activating group) is 1. The number of benzene rings is 2. The number of hydrogen-bond donors (Lipinski definition) is 1. The topological polar surface area (TPSA) is 69.7 Å². The summed E-state index contributed by atoms with van der Waals surface area (Å²) in [6.45, 7) is 3.51. The zero-order chi connectivity index (χ0) is 21.7. The zero-order valence-corrected chi connectivity index (χ0v) is 18.9. The zero-order valence-electron chi connectivity index (χ0n) is 17.3. The molecule has 1 heterocycles. The molecule has 2 aromatic carbocycles. The first-order valence-corrected chi connectivity index (χ1v) is 11.9. The summed E-state index contributed by atoms with van der Waals surface area (Å²) in [6.07, 6.45) is 2.82. The molecule has 0 aromatic heterocycles. The van der Waals surface area contributed by atoms with E-state index in [1.54, 1.807) is 18.2 Å². The lowest BCUT2D eigenvalue weighted by Gasteiger charge is -2.26. The SMILES string of the molecule is CC(C(=O)Nc1cccc(S(=O)(=O)N2CCCCC2)c1)N(C)Cc1ccc(Cl)cc1. The highest BCUT2D eigenvalue weighted by molar-refractivity contribution is 7.89. The van der Waals surface area contributed by atoms with Crippen LogP contribution in [0.15, 0.2) is 53.4 Å². The summed E-state index contributed by atoms with van der Waals surface area (Å²) in [5.74, 6) is -0.195. The summed E-state index contributed by atoms with van der Waals surface area (Å²) < 4.78 is 27.3. The molecule has 1 aliphatic rings. The average molecular weight is 450 g/mol. The number of amides is 1. The van der Waals surface area contributed by atoms with Crippen molar-refractivity contribution < 1.29 is 13.2 Å². The van der Waals surface area contributed by atoms with Crippen LogP contribution in [0.4, 0.5) is 5.69 Å². The summed E-state index contributed by atoms with van der Waals surface area (Å²) in [4.78, 5) is 14.9. The van der Waals surface area contributed by atoms with E-state index in [1.165, 1.54) is 10.4 Å². The molecule has 0 saturated carbocycles. The van der Waals surface area contributed by atoms with Crippen molar-refractivity contribution in [1.29, 1.82) is 0 Å². The van der Waals surface area contributed by atoms with Crippen LogP contribution in [-0.4, -0.2) is 49.7 Å². The molecule has 0 aliphatic carbocycles. The maximum atomic E-state index is 12.9. The van der Waals surface area contributed by atoms with Crippen LogP contribution >= 0.6 is 11.6 Å². The monoisotopic (exact) mass is 449 g/mol. The van der Waals surface area contributed by atoms with Gasteiger partial charge in [0.25, 0.3) is 0 Å². The van der Waals surface area contributed by atoms with Crippen LogP contribution in [0.1, 0.15) is 31.7 Å². The largest absolute Gasteiger partial charge is 0.325 e. The van der Waals surface area contributed by atoms with Crippen molar-refractivity contribution in [3.63, 3.8) is 0 Å². The number of carbonyl (C=O) groups is 1. The summed E-state index contributed by atoms with van der Waals surface area (Å²) in [5, 5.41) is 3.52. The molecule has 1 N–H and O–H groups in total. The van der Waals surface area contributed by atoms with Crippen molar-refractivity contribution in [2.24, 2.45) is 0 Å². The molecule has 2 aromatic rings. The molecular formula is C22H28ClN3O3S. The van der Waals surface area contributed by atoms with E-state index < -0.39 is 16.1 Å². The van der Waals surface area contributed by atoms with E-state index in [9.17, 15) is 13.2 Å². The van der Waals surface area contributed by atoms with Gasteiger partial charge in [0.05, 0.1) is 10.9 Å². The molecule has 8 heteroatoms. The van der Waals surface area contributed by atoms with Gasteiger partial charge < -0.3 is 5.32 Å². The number of sulfonamides is 1. The van der Waals surface area contributed by atoms with Crippen molar-refractivity contribution in [2.75, 3.05) is 25.5 Å². The van der Waals surface area contributed by atoms with E-state index in [0.717, 1.165) is 24.8 Å². The number of nitrogens with one attached hydrogen (secondary N) is 1. The molecule has 1 unspecified atom stereocenters. The average Bonchev–Trinajstić information content (AvgIpc) is 2.75. The van der Waals surface area contributed by atoms with E-state index in [1.807, 2.05) is 43.1 Å². The number of anilines is 1. The second-order valence-corrected chi connectivity index (χ2v) is 10.1. The third-order valence-corrected chi connectivity index (χ3v) is 7.59. The van der Waals surface area contributed by atoms with Crippen LogP contribution in [0.5, 0.6) is 0 Å². The standard InChI is InChI=1S/C22H28ClN3O3S/c1-17(25(2)16-18-9-11-19(23)12-10-18)22(27)24-20-7-6-8-21(15-20)30(28,29)26-13-4-3-5-14-26/h6-12,15,17H,3-5,13-14,16H2,1-2H3,(H,24,27). The molecule has 3 rings (SSSR count). The van der Waals surface area contributed by atoms with Crippen LogP contribution < -0.4 is 5.32 Å². The Kier molecular flexibility index (Phi) is 7.52. The predicted octanol–water partition coefficient (Wildman–Crippen LogP) is 3.97. The minimum atomic E-state index is -3.54. The Balaban J connectivity index is 1.66. The molecule has 1 saturated heterocycles. The van der Waals surface area contributed by atoms with E-state index >= 15 is 0 Å². The van der Waals surface area contributed by atoms with Crippen molar-refractivity contribution in [3.8, 4) is 0 Å². The van der Waals surface area contributed by atoms with Crippen LogP contribution in [0.25, 0.3) is 0 Å². The number of halogens is 1. The van der Waals surface area contributed by atoms with E-state index in [2.05, 4.69) is 5.32 Å². The highest BCUT2D eigenvalue weighted by atomic mass is 35.5. The normalized spacial score (nSPS) is 16.4. The fourth-order valence-corrected chi connectivity index (χ4v) is 5.14. The van der Waals surface area contributed by atoms with Gasteiger partial charge in [-0.1, -0.05) is 36.2 Å². The summed E-state index contributed by atoms with van der Waals surface area (Å²) >= 11 is 5.92. The van der Waals surface area contributed by atoms with Gasteiger partial charge in [0, 0.05) is 30.3 Å². The molecule has 30 heavy (non-hydrogen) atoms. The van der Waals surface area contributed by atoms with E-state index in [4.69, 9.17) is 11.6 Å². The van der Waals surface area contributed by atoms with Crippen molar-refractivity contribution in [3.05, 3.63) is 59.1 Å². The van der Waals surface area contributed by atoms with E-state index in [-0.39, 0.29) is 10.8 Å². The van der Waals surface area contributed by atoms with Gasteiger partial charge in [0.2, 0.25) is 15.9 Å². The highest BCUT2D eigenvalue weighted by Crippen LogP contribution is 2.23. The number of rotatable bonds is 7. The molecule has 162 valence electrons. The van der Waals surface area contributed by atoms with Gasteiger partial charge in [-0.15, -0.1) is 0 Å². The molecule has 1 amide bonds. The van der Waals surface area contributed by atoms with Crippen LogP contribution in [-0.2, 0) is 21.4 Å². The van der Waals surface area contributed by atoms with Crippen molar-refractivity contribution in [2.45, 2.75) is 43.7 Å². The van der Waals surface area contributed by atoms with Gasteiger partial charge in [-0.25, -0.2) is 8.42 Å². The molecule has 1 fully saturated rings. The molecule has 0 radical (unpaired) electrons. The Morgan fingerprint density at radius 1 is 1.13 bits per heavy atom. The first-order valence-electron chi connectivity index (χ1n) is 10.1. The lowest BCUT2D eigenvalue weighted by Crippen LogP contribution is -2.39. The molecule has 0 spiro atoms. The third-order valence-electron chi connectivity index (χ3n) is 5.44. The number of nitrogens with zero attached hydrogens (tertiary/aromatic N) is 2. The maximum absolute atomic E-state index is 12.9. The van der Waals surface area contributed by atoms with Crippen LogP contribution in [0.2, 0.25) is 5.02 Å². The van der Waals surface area contributed by atoms with Crippen molar-refractivity contribution in [1.82, 2.24) is 9.21 Å². The number of piperidine rings is 1. The van der Waals surface area contributed by atoms with Gasteiger partial charge >= 0.3 is 0 Å². The lowest BCUT2D eigenvalue weighted by molar-refractivity contribution is -0.120. The van der Waals surface area contributed by atoms with E-state index in [0.29, 0.717) is 30.3 Å². The second-order valence-electron chi connectivity index (χ2n) is 7.70. The summed E-state index contributed by atoms with van der Waals surface area (Å²) in [5.41, 5.74) is 1.53. The molecule has 6 nitrogen and oxygen atoms in total. The lowest BCUT2D eigenvalue weighted by atomic mass is 10.2. The van der Waals surface area contributed by atoms with Crippen LogP contribution in [0, 0.1) is 0 Å². The Hall–Kier alpha value is -1.93. The smallest absolute Gasteiger partial charge is 0.243 e. The number of hydrogen-bond acceptors (Lipinski definition) is 4. The second kappa shape index (κ2) is 9.92. The molecule has 1 atom stereocenters. The van der Waals surface area contributed by atoms with Gasteiger partial charge in [0.15, 0.2) is 0 Å². The Morgan fingerprint density at radius 3 is 2.47 bits per heavy atom. The first kappa shape index (κ1) is 22.7. The maximum Gasteiger partial charge on any atom is 0.243 e. The minimum absolute atomic E-state index is 0.195. The quantitative estimate of drug-likeness (QED) is 0.694. The predicted molar refractivity (Wildman–Crippen MR) is 120 cm³/mol. The third kappa shape index (κ3) is 5.60. The first-order chi connectivity index (χ1) is 14.3. The van der Waals surface area contributed by atoms with Crippen LogP contribution in [0.3, 0.4) is 0 Å². The number of carbonyl (C=O) groups excluding carboxylic acids is 1. The summed E-state index contributed by atoms with van der Waals surface area (Å²) in [6, 6.07) is 13.6. The fourth-order valence-electron chi connectivity index (χ4n) is 3.45. The highest BCUT2D eigenvalue weighted by Gasteiger charge is 2.26. The van der Waals surface area contributed by atoms with Gasteiger partial charge in [-0.3, -0.25) is 9.69 Å². The molecule has 0 bridgehead atoms. The Bertz CT molecular complexity index is 973. The minimum Gasteiger partial charge on any atom is -0.325 e. The molecule has 1 aliphatic heterocycles. The Labute approximate surface area is 183 Å². The van der Waals surface area contributed by atoms with Crippen molar-refractivity contribution >= 4 is 33.2 Å². The van der Waals surface area contributed by atoms with Gasteiger partial charge in [-0.2, -0.15) is 4.31 Å². The van der Waals surface area contributed by atoms with Gasteiger partial charge in [0.1, 0.15) is 0 Å².